The van der Waals surface area contributed by atoms with Gasteiger partial charge in [0.15, 0.2) is 5.96 Å². The zero-order valence-electron chi connectivity index (χ0n) is 9.20. The van der Waals surface area contributed by atoms with E-state index < -0.39 is 0 Å². The van der Waals surface area contributed by atoms with E-state index in [-0.39, 0.29) is 29.8 Å². The monoisotopic (exact) mass is 347 g/mol. The normalized spacial score (nSPS) is 10.2. The maximum atomic E-state index is 8.51. The smallest absolute Gasteiger partial charge is 0.252 e. The van der Waals surface area contributed by atoms with Crippen LogP contribution in [0.1, 0.15) is 5.82 Å². The van der Waals surface area contributed by atoms with Gasteiger partial charge in [-0.05, 0) is 0 Å². The highest BCUT2D eigenvalue weighted by atomic mass is 127. The number of nitrogens with two attached hydrogens (primary N) is 1. The zero-order chi connectivity index (χ0) is 11.8. The van der Waals surface area contributed by atoms with Crippen LogP contribution < -0.4 is 11.1 Å². The van der Waals surface area contributed by atoms with E-state index in [1.807, 2.05) is 6.07 Å². The van der Waals surface area contributed by atoms with Crippen LogP contribution in [0.25, 0.3) is 0 Å². The largest absolute Gasteiger partial charge is 0.370 e. The molecule has 0 aliphatic carbocycles. The Labute approximate surface area is 116 Å². The van der Waals surface area contributed by atoms with Crippen LogP contribution in [0.5, 0.6) is 0 Å². The van der Waals surface area contributed by atoms with Gasteiger partial charge in [-0.15, -0.1) is 35.7 Å². The van der Waals surface area contributed by atoms with Crippen molar-refractivity contribution in [2.24, 2.45) is 10.7 Å². The van der Waals surface area contributed by atoms with E-state index in [1.54, 1.807) is 10.8 Å². The Hall–Kier alpha value is -1.63. The van der Waals surface area contributed by atoms with Crippen LogP contribution in [-0.4, -0.2) is 33.8 Å². The van der Waals surface area contributed by atoms with Gasteiger partial charge in [0.2, 0.25) is 0 Å². The number of aliphatic imine (C=N–C) groups is 1. The molecule has 0 aliphatic rings. The molecule has 0 bridgehead atoms. The first-order chi connectivity index (χ1) is 7.76. The summed E-state index contributed by atoms with van der Waals surface area (Å²) >= 11 is 0. The highest BCUT2D eigenvalue weighted by Crippen LogP contribution is 1.87. The predicted octanol–water partition coefficient (Wildman–Crippen LogP) is -0.142. The van der Waals surface area contributed by atoms with Crippen LogP contribution in [0.3, 0.4) is 0 Å². The second-order valence-electron chi connectivity index (χ2n) is 2.88. The van der Waals surface area contributed by atoms with Gasteiger partial charge in [-0.1, -0.05) is 6.08 Å². The standard InChI is InChI=1S/C9H13N7.HI/c1-2-3-12-9(11)13-4-5-16-7-14-8(6-10)15-16;/h2,7H,1,3-5H2,(H3,11,12,13);1H. The minimum Gasteiger partial charge on any atom is -0.370 e. The number of nitriles is 1. The molecule has 0 amide bonds. The lowest BCUT2D eigenvalue weighted by Crippen LogP contribution is -2.32. The van der Waals surface area contributed by atoms with Gasteiger partial charge in [0, 0.05) is 6.54 Å². The van der Waals surface area contributed by atoms with Gasteiger partial charge >= 0.3 is 0 Å². The molecule has 0 atom stereocenters. The molecule has 8 heteroatoms. The average molecular weight is 347 g/mol. The summed E-state index contributed by atoms with van der Waals surface area (Å²) in [6, 6.07) is 1.85. The first-order valence-corrected chi connectivity index (χ1v) is 4.70. The molecular formula is C9H14IN7. The number of nitrogens with zero attached hydrogens (tertiary/aromatic N) is 5. The third-order valence-corrected chi connectivity index (χ3v) is 1.68. The molecule has 0 fully saturated rings. The van der Waals surface area contributed by atoms with E-state index in [1.165, 1.54) is 6.33 Å². The number of rotatable bonds is 5. The summed E-state index contributed by atoms with van der Waals surface area (Å²) in [5.74, 6) is 0.516. The van der Waals surface area contributed by atoms with Crippen molar-refractivity contribution in [3.63, 3.8) is 0 Å². The van der Waals surface area contributed by atoms with Crippen LogP contribution in [0.15, 0.2) is 24.0 Å². The van der Waals surface area contributed by atoms with Gasteiger partial charge < -0.3 is 11.1 Å². The maximum absolute atomic E-state index is 8.51. The summed E-state index contributed by atoms with van der Waals surface area (Å²) in [7, 11) is 0. The van der Waals surface area contributed by atoms with Crippen molar-refractivity contribution < 1.29 is 0 Å². The van der Waals surface area contributed by atoms with E-state index in [9.17, 15) is 0 Å². The summed E-state index contributed by atoms with van der Waals surface area (Å²) in [6.45, 7) is 5.14. The molecule has 1 aromatic heterocycles. The quantitative estimate of drug-likeness (QED) is 0.334. The molecule has 0 aliphatic heterocycles. The SMILES string of the molecule is C=CCNC(N)=NCCn1cnc(C#N)n1.I. The molecule has 0 saturated carbocycles. The van der Waals surface area contributed by atoms with Crippen molar-refractivity contribution in [1.29, 1.82) is 5.26 Å². The Morgan fingerprint density at radius 3 is 3.12 bits per heavy atom. The maximum Gasteiger partial charge on any atom is 0.252 e. The number of guanidine groups is 1. The average Bonchev–Trinajstić information content (AvgIpc) is 2.74. The van der Waals surface area contributed by atoms with Crippen LogP contribution >= 0.6 is 24.0 Å². The third-order valence-electron chi connectivity index (χ3n) is 1.68. The summed E-state index contributed by atoms with van der Waals surface area (Å²) in [5.41, 5.74) is 5.55. The minimum absolute atomic E-state index is 0. The first-order valence-electron chi connectivity index (χ1n) is 4.70. The molecule has 17 heavy (non-hydrogen) atoms. The lowest BCUT2D eigenvalue weighted by Gasteiger charge is -2.01. The first kappa shape index (κ1) is 15.4. The number of halogens is 1. The summed E-state index contributed by atoms with van der Waals surface area (Å²) in [6.07, 6.45) is 3.18. The molecule has 1 heterocycles. The highest BCUT2D eigenvalue weighted by molar-refractivity contribution is 14.0. The highest BCUT2D eigenvalue weighted by Gasteiger charge is 1.97. The summed E-state index contributed by atoms with van der Waals surface area (Å²) in [4.78, 5) is 7.82. The van der Waals surface area contributed by atoms with E-state index in [0.29, 0.717) is 25.6 Å². The Balaban J connectivity index is 0.00000256. The predicted molar refractivity (Wildman–Crippen MR) is 74.8 cm³/mol. The number of hydrogen-bond acceptors (Lipinski definition) is 4. The second-order valence-corrected chi connectivity index (χ2v) is 2.88. The molecule has 0 radical (unpaired) electrons. The van der Waals surface area contributed by atoms with Crippen molar-refractivity contribution in [2.45, 2.75) is 6.54 Å². The summed E-state index contributed by atoms with van der Waals surface area (Å²) < 4.78 is 1.54. The van der Waals surface area contributed by atoms with Crippen molar-refractivity contribution in [3.05, 3.63) is 24.8 Å². The molecule has 0 spiro atoms. The number of nitrogens with one attached hydrogen (secondary N) is 1. The Bertz CT molecular complexity index is 417. The molecule has 1 aromatic rings. The van der Waals surface area contributed by atoms with Crippen LogP contribution in [0.2, 0.25) is 0 Å². The molecule has 3 N–H and O–H groups in total. The number of hydrogen-bond donors (Lipinski definition) is 2. The van der Waals surface area contributed by atoms with Crippen molar-refractivity contribution in [3.8, 4) is 6.07 Å². The van der Waals surface area contributed by atoms with Gasteiger partial charge in [-0.3, -0.25) is 4.99 Å². The number of aromatic nitrogens is 3. The van der Waals surface area contributed by atoms with Crippen molar-refractivity contribution in [1.82, 2.24) is 20.1 Å². The Morgan fingerprint density at radius 2 is 2.53 bits per heavy atom. The van der Waals surface area contributed by atoms with Gasteiger partial charge in [-0.25, -0.2) is 9.67 Å². The van der Waals surface area contributed by atoms with Gasteiger partial charge in [0.1, 0.15) is 12.4 Å². The van der Waals surface area contributed by atoms with E-state index >= 15 is 0 Å². The van der Waals surface area contributed by atoms with Crippen molar-refractivity contribution in [2.75, 3.05) is 13.1 Å². The lowest BCUT2D eigenvalue weighted by atomic mass is 10.6. The molecule has 7 nitrogen and oxygen atoms in total. The fourth-order valence-corrected chi connectivity index (χ4v) is 0.959. The van der Waals surface area contributed by atoms with Gasteiger partial charge in [0.25, 0.3) is 5.82 Å². The van der Waals surface area contributed by atoms with Gasteiger partial charge in [-0.2, -0.15) is 5.26 Å². The molecule has 1 rings (SSSR count). The molecule has 92 valence electrons. The van der Waals surface area contributed by atoms with Crippen LogP contribution in [0.4, 0.5) is 0 Å². The topological polar surface area (TPSA) is 105 Å². The fraction of sp³-hybridized carbons (Fsp3) is 0.333. The van der Waals surface area contributed by atoms with Crippen LogP contribution in [-0.2, 0) is 6.54 Å². The summed E-state index contributed by atoms with van der Waals surface area (Å²) in [5, 5.41) is 15.2. The van der Waals surface area contributed by atoms with E-state index in [4.69, 9.17) is 11.0 Å². The third kappa shape index (κ3) is 5.86. The van der Waals surface area contributed by atoms with Crippen LogP contribution in [0, 0.1) is 11.3 Å². The Morgan fingerprint density at radius 1 is 1.76 bits per heavy atom. The second kappa shape index (κ2) is 8.51. The van der Waals surface area contributed by atoms with E-state index in [0.717, 1.165) is 0 Å². The lowest BCUT2D eigenvalue weighted by molar-refractivity contribution is 0.621. The minimum atomic E-state index is 0. The Kier molecular flexibility index (Phi) is 7.70. The zero-order valence-corrected chi connectivity index (χ0v) is 11.5. The molecule has 0 saturated heterocycles. The molecule has 0 aromatic carbocycles. The van der Waals surface area contributed by atoms with Gasteiger partial charge in [0.05, 0.1) is 13.1 Å². The fourth-order valence-electron chi connectivity index (χ4n) is 0.959. The molecule has 0 unspecified atom stereocenters. The van der Waals surface area contributed by atoms with E-state index in [2.05, 4.69) is 27.0 Å². The molecular weight excluding hydrogens is 333 g/mol. The van der Waals surface area contributed by atoms with Crippen molar-refractivity contribution >= 4 is 29.9 Å².